The van der Waals surface area contributed by atoms with Crippen molar-refractivity contribution in [3.63, 3.8) is 0 Å². The van der Waals surface area contributed by atoms with Gasteiger partial charge in [0.2, 0.25) is 5.91 Å². The molecule has 0 bridgehead atoms. The number of aliphatic hydroxyl groups excluding tert-OH is 1. The minimum absolute atomic E-state index is 0.0252. The van der Waals surface area contributed by atoms with Crippen molar-refractivity contribution in [1.82, 2.24) is 4.90 Å². The largest absolute Gasteiger partial charge is 0.394 e. The first-order valence-electron chi connectivity index (χ1n) is 7.37. The number of aliphatic hydroxyl groups is 1. The first-order valence-corrected chi connectivity index (χ1v) is 7.37. The summed E-state index contributed by atoms with van der Waals surface area (Å²) >= 11 is 0. The minimum atomic E-state index is -0.229. The van der Waals surface area contributed by atoms with E-state index in [1.807, 2.05) is 0 Å². The van der Waals surface area contributed by atoms with E-state index in [2.05, 4.69) is 18.2 Å². The van der Waals surface area contributed by atoms with Gasteiger partial charge in [-0.3, -0.25) is 4.79 Å². The highest BCUT2D eigenvalue weighted by Crippen LogP contribution is 2.23. The summed E-state index contributed by atoms with van der Waals surface area (Å²) in [5.41, 5.74) is 3.95. The predicted molar refractivity (Wildman–Crippen MR) is 75.6 cm³/mol. The van der Waals surface area contributed by atoms with Crippen molar-refractivity contribution in [2.45, 2.75) is 31.8 Å². The Balaban J connectivity index is 1.63. The summed E-state index contributed by atoms with van der Waals surface area (Å²) in [6.45, 7) is 1.62. The zero-order valence-corrected chi connectivity index (χ0v) is 11.7. The Hall–Kier alpha value is -1.39. The van der Waals surface area contributed by atoms with E-state index >= 15 is 0 Å². The summed E-state index contributed by atoms with van der Waals surface area (Å²) in [7, 11) is 0. The molecule has 1 amide bonds. The monoisotopic (exact) mass is 275 g/mol. The highest BCUT2D eigenvalue weighted by atomic mass is 16.5. The van der Waals surface area contributed by atoms with Gasteiger partial charge in [0.25, 0.3) is 0 Å². The molecule has 3 rings (SSSR count). The molecule has 0 spiro atoms. The molecule has 1 heterocycles. The Labute approximate surface area is 119 Å². The number of fused-ring (bicyclic) bond motifs is 1. The van der Waals surface area contributed by atoms with Crippen molar-refractivity contribution in [3.8, 4) is 0 Å². The van der Waals surface area contributed by atoms with Gasteiger partial charge in [-0.05, 0) is 36.0 Å². The second-order valence-corrected chi connectivity index (χ2v) is 5.65. The van der Waals surface area contributed by atoms with Crippen LogP contribution in [0.5, 0.6) is 0 Å². The molecule has 108 valence electrons. The standard InChI is InChI=1S/C16H21NO3/c18-11-15-10-17(6-7-20-15)16(19)9-12-4-5-13-2-1-3-14(13)8-12/h4-5,8,15,18H,1-3,6-7,9-11H2. The molecule has 1 saturated heterocycles. The number of nitrogens with zero attached hydrogens (tertiary/aromatic N) is 1. The lowest BCUT2D eigenvalue weighted by atomic mass is 10.0. The molecule has 1 unspecified atom stereocenters. The third-order valence-corrected chi connectivity index (χ3v) is 4.21. The summed E-state index contributed by atoms with van der Waals surface area (Å²) < 4.78 is 5.37. The number of ether oxygens (including phenoxy) is 1. The fourth-order valence-electron chi connectivity index (χ4n) is 3.08. The van der Waals surface area contributed by atoms with Crippen LogP contribution in [-0.2, 0) is 28.8 Å². The number of carbonyl (C=O) groups is 1. The molecule has 1 aromatic carbocycles. The van der Waals surface area contributed by atoms with Crippen molar-refractivity contribution in [2.24, 2.45) is 0 Å². The van der Waals surface area contributed by atoms with Gasteiger partial charge in [-0.2, -0.15) is 0 Å². The maximum Gasteiger partial charge on any atom is 0.227 e. The first-order chi connectivity index (χ1) is 9.76. The number of morpholine rings is 1. The number of hydrogen-bond acceptors (Lipinski definition) is 3. The molecule has 20 heavy (non-hydrogen) atoms. The van der Waals surface area contributed by atoms with Gasteiger partial charge in [-0.15, -0.1) is 0 Å². The van der Waals surface area contributed by atoms with Crippen molar-refractivity contribution < 1.29 is 14.6 Å². The van der Waals surface area contributed by atoms with E-state index < -0.39 is 0 Å². The lowest BCUT2D eigenvalue weighted by molar-refractivity contribution is -0.139. The van der Waals surface area contributed by atoms with E-state index in [1.165, 1.54) is 24.0 Å². The van der Waals surface area contributed by atoms with Crippen LogP contribution < -0.4 is 0 Å². The van der Waals surface area contributed by atoms with Crippen molar-refractivity contribution >= 4 is 5.91 Å². The summed E-state index contributed by atoms with van der Waals surface area (Å²) in [4.78, 5) is 14.1. The Morgan fingerprint density at radius 3 is 3.05 bits per heavy atom. The van der Waals surface area contributed by atoms with Gasteiger partial charge >= 0.3 is 0 Å². The second kappa shape index (κ2) is 5.94. The topological polar surface area (TPSA) is 49.8 Å². The zero-order chi connectivity index (χ0) is 13.9. The molecule has 1 atom stereocenters. The molecular formula is C16H21NO3. The van der Waals surface area contributed by atoms with E-state index in [4.69, 9.17) is 9.84 Å². The van der Waals surface area contributed by atoms with Crippen LogP contribution >= 0.6 is 0 Å². The van der Waals surface area contributed by atoms with Crippen LogP contribution in [0.2, 0.25) is 0 Å². The quantitative estimate of drug-likeness (QED) is 0.893. The second-order valence-electron chi connectivity index (χ2n) is 5.65. The number of aryl methyl sites for hydroxylation is 2. The van der Waals surface area contributed by atoms with Crippen molar-refractivity contribution in [3.05, 3.63) is 34.9 Å². The van der Waals surface area contributed by atoms with E-state index in [0.29, 0.717) is 26.1 Å². The lowest BCUT2D eigenvalue weighted by Crippen LogP contribution is -2.47. The van der Waals surface area contributed by atoms with E-state index in [1.54, 1.807) is 4.90 Å². The normalized spacial score (nSPS) is 21.9. The Morgan fingerprint density at radius 2 is 2.20 bits per heavy atom. The van der Waals surface area contributed by atoms with Crippen LogP contribution in [0.4, 0.5) is 0 Å². The predicted octanol–water partition coefficient (Wildman–Crippen LogP) is 0.938. The molecule has 1 aromatic rings. The molecular weight excluding hydrogens is 254 g/mol. The van der Waals surface area contributed by atoms with Crippen LogP contribution in [0.1, 0.15) is 23.1 Å². The smallest absolute Gasteiger partial charge is 0.227 e. The van der Waals surface area contributed by atoms with Gasteiger partial charge < -0.3 is 14.7 Å². The molecule has 2 aliphatic rings. The van der Waals surface area contributed by atoms with Crippen LogP contribution in [0, 0.1) is 0 Å². The third kappa shape index (κ3) is 2.86. The van der Waals surface area contributed by atoms with Crippen molar-refractivity contribution in [1.29, 1.82) is 0 Å². The lowest BCUT2D eigenvalue weighted by Gasteiger charge is -2.32. The van der Waals surface area contributed by atoms with E-state index in [-0.39, 0.29) is 18.6 Å². The molecule has 0 saturated carbocycles. The van der Waals surface area contributed by atoms with Crippen LogP contribution in [-0.4, -0.2) is 48.3 Å². The Morgan fingerprint density at radius 1 is 1.35 bits per heavy atom. The van der Waals surface area contributed by atoms with Crippen LogP contribution in [0.15, 0.2) is 18.2 Å². The maximum absolute atomic E-state index is 12.3. The number of amides is 1. The maximum atomic E-state index is 12.3. The summed E-state index contributed by atoms with van der Waals surface area (Å²) in [6.07, 6.45) is 3.76. The molecule has 1 aliphatic heterocycles. The van der Waals surface area contributed by atoms with Gasteiger partial charge in [0.1, 0.15) is 0 Å². The number of carbonyl (C=O) groups excluding carboxylic acids is 1. The molecule has 1 N–H and O–H groups in total. The third-order valence-electron chi connectivity index (χ3n) is 4.21. The summed E-state index contributed by atoms with van der Waals surface area (Å²) in [5, 5.41) is 9.12. The van der Waals surface area contributed by atoms with Gasteiger partial charge in [0.15, 0.2) is 0 Å². The van der Waals surface area contributed by atoms with E-state index in [0.717, 1.165) is 12.0 Å². The Bertz CT molecular complexity index is 500. The summed E-state index contributed by atoms with van der Waals surface area (Å²) in [6, 6.07) is 6.43. The number of rotatable bonds is 3. The Kier molecular flexibility index (Phi) is 4.03. The molecule has 1 fully saturated rings. The highest BCUT2D eigenvalue weighted by molar-refractivity contribution is 5.79. The summed E-state index contributed by atoms with van der Waals surface area (Å²) in [5.74, 6) is 0.129. The van der Waals surface area contributed by atoms with E-state index in [9.17, 15) is 4.79 Å². The zero-order valence-electron chi connectivity index (χ0n) is 11.7. The van der Waals surface area contributed by atoms with Gasteiger partial charge in [0.05, 0.1) is 25.7 Å². The SMILES string of the molecule is O=C(Cc1ccc2c(c1)CCC2)N1CCOC(CO)C1. The average molecular weight is 275 g/mol. The molecule has 0 aromatic heterocycles. The fourth-order valence-corrected chi connectivity index (χ4v) is 3.08. The van der Waals surface area contributed by atoms with Crippen LogP contribution in [0.3, 0.4) is 0 Å². The molecule has 4 nitrogen and oxygen atoms in total. The van der Waals surface area contributed by atoms with Gasteiger partial charge in [0, 0.05) is 13.1 Å². The van der Waals surface area contributed by atoms with Gasteiger partial charge in [-0.25, -0.2) is 0 Å². The molecule has 1 aliphatic carbocycles. The fraction of sp³-hybridized carbons (Fsp3) is 0.562. The average Bonchev–Trinajstić information content (AvgIpc) is 2.95. The van der Waals surface area contributed by atoms with Gasteiger partial charge in [-0.1, -0.05) is 18.2 Å². The number of hydrogen-bond donors (Lipinski definition) is 1. The van der Waals surface area contributed by atoms with Crippen LogP contribution in [0.25, 0.3) is 0 Å². The molecule has 0 radical (unpaired) electrons. The highest BCUT2D eigenvalue weighted by Gasteiger charge is 2.23. The first kappa shape index (κ1) is 13.6. The minimum Gasteiger partial charge on any atom is -0.394 e. The number of benzene rings is 1. The van der Waals surface area contributed by atoms with Crippen molar-refractivity contribution in [2.75, 3.05) is 26.3 Å². The molecule has 4 heteroatoms.